The van der Waals surface area contributed by atoms with Crippen molar-refractivity contribution < 1.29 is 19.6 Å². The number of para-hydroxylation sites is 1. The second-order valence-corrected chi connectivity index (χ2v) is 7.83. The lowest BCUT2D eigenvalue weighted by Crippen LogP contribution is -2.34. The Bertz CT molecular complexity index is 1320. The Morgan fingerprint density at radius 3 is 2.21 bits per heavy atom. The number of aryl methyl sites for hydroxylation is 1. The van der Waals surface area contributed by atoms with E-state index in [0.717, 1.165) is 0 Å². The molecule has 3 aromatic carbocycles. The lowest BCUT2D eigenvalue weighted by atomic mass is 9.94. The molecule has 34 heavy (non-hydrogen) atoms. The maximum absolute atomic E-state index is 13.2. The minimum Gasteiger partial charge on any atom is -0.457 e. The van der Waals surface area contributed by atoms with Crippen molar-refractivity contribution in [2.24, 2.45) is 0 Å². The number of nitro groups is 1. The number of ether oxygens (including phenoxy) is 1. The molecule has 0 saturated heterocycles. The van der Waals surface area contributed by atoms with E-state index in [1.165, 1.54) is 11.6 Å². The molecule has 0 spiro atoms. The van der Waals surface area contributed by atoms with Crippen LogP contribution in [0.5, 0.6) is 11.5 Å². The van der Waals surface area contributed by atoms with Gasteiger partial charge in [-0.3, -0.25) is 19.6 Å². The van der Waals surface area contributed by atoms with Crippen LogP contribution in [0.25, 0.3) is 0 Å². The summed E-state index contributed by atoms with van der Waals surface area (Å²) >= 11 is 0. The largest absolute Gasteiger partial charge is 0.457 e. The molecule has 8 nitrogen and oxygen atoms in total. The van der Waals surface area contributed by atoms with Crippen LogP contribution in [0.4, 0.5) is 5.69 Å². The highest BCUT2D eigenvalue weighted by atomic mass is 16.6. The standard InChI is InChI=1S/C26H23N3O5/c1-17-23(29(32)33)18(2)28(27-17)24(26(31)25(30)19-10-5-3-6-11-19)20-12-9-15-22(16-20)34-21-13-7-4-8-14-21/h3-16,24,26,31H,1-2H3/t24-,26-/m0/s1. The topological polar surface area (TPSA) is 107 Å². The van der Waals surface area contributed by atoms with Crippen molar-refractivity contribution in [2.45, 2.75) is 26.0 Å². The molecule has 0 bridgehead atoms. The molecular formula is C26H23N3O5. The Labute approximate surface area is 196 Å². The Morgan fingerprint density at radius 2 is 1.59 bits per heavy atom. The number of benzene rings is 3. The number of hydrogen-bond acceptors (Lipinski definition) is 6. The van der Waals surface area contributed by atoms with Crippen LogP contribution in [0.1, 0.15) is 33.4 Å². The van der Waals surface area contributed by atoms with Crippen LogP contribution in [0.2, 0.25) is 0 Å². The number of aliphatic hydroxyl groups is 1. The van der Waals surface area contributed by atoms with E-state index in [1.54, 1.807) is 61.5 Å². The average molecular weight is 457 g/mol. The number of Topliss-reactive ketones (excluding diaryl/α,β-unsaturated/α-hetero) is 1. The first-order valence-electron chi connectivity index (χ1n) is 10.7. The number of aliphatic hydroxyl groups excluding tert-OH is 1. The van der Waals surface area contributed by atoms with Gasteiger partial charge in [0, 0.05) is 5.56 Å². The molecule has 172 valence electrons. The summed E-state index contributed by atoms with van der Waals surface area (Å²) in [5.41, 5.74) is 1.13. The number of hydrogen-bond donors (Lipinski definition) is 1. The van der Waals surface area contributed by atoms with Gasteiger partial charge in [-0.15, -0.1) is 0 Å². The lowest BCUT2D eigenvalue weighted by molar-refractivity contribution is -0.386. The minimum absolute atomic E-state index is 0.152. The zero-order valence-corrected chi connectivity index (χ0v) is 18.7. The van der Waals surface area contributed by atoms with Gasteiger partial charge in [-0.1, -0.05) is 60.7 Å². The third kappa shape index (κ3) is 4.57. The van der Waals surface area contributed by atoms with Gasteiger partial charge in [-0.05, 0) is 43.7 Å². The maximum atomic E-state index is 13.2. The highest BCUT2D eigenvalue weighted by Crippen LogP contribution is 2.33. The van der Waals surface area contributed by atoms with E-state index in [9.17, 15) is 20.0 Å². The van der Waals surface area contributed by atoms with Gasteiger partial charge < -0.3 is 9.84 Å². The molecule has 8 heteroatoms. The summed E-state index contributed by atoms with van der Waals surface area (Å²) in [5.74, 6) is 0.596. The van der Waals surface area contributed by atoms with Gasteiger partial charge in [0.15, 0.2) is 5.78 Å². The zero-order valence-electron chi connectivity index (χ0n) is 18.7. The molecule has 1 heterocycles. The molecule has 0 aliphatic rings. The number of carbonyl (C=O) groups excluding carboxylic acids is 1. The van der Waals surface area contributed by atoms with Crippen LogP contribution < -0.4 is 4.74 Å². The second kappa shape index (κ2) is 9.68. The molecule has 0 unspecified atom stereocenters. The predicted molar refractivity (Wildman–Crippen MR) is 126 cm³/mol. The Hall–Kier alpha value is -4.30. The van der Waals surface area contributed by atoms with Crippen molar-refractivity contribution in [3.05, 3.63) is 118 Å². The fraction of sp³-hybridized carbons (Fsp3) is 0.154. The summed E-state index contributed by atoms with van der Waals surface area (Å²) in [6, 6.07) is 23.5. The molecule has 0 saturated carbocycles. The fourth-order valence-corrected chi connectivity index (χ4v) is 3.95. The van der Waals surface area contributed by atoms with Crippen LogP contribution in [-0.2, 0) is 0 Å². The van der Waals surface area contributed by atoms with Gasteiger partial charge in [0.1, 0.15) is 35.0 Å². The molecule has 0 aliphatic heterocycles. The molecule has 0 radical (unpaired) electrons. The normalized spacial score (nSPS) is 12.7. The first-order chi connectivity index (χ1) is 16.4. The van der Waals surface area contributed by atoms with Crippen molar-refractivity contribution in [1.82, 2.24) is 9.78 Å². The van der Waals surface area contributed by atoms with Gasteiger partial charge in [0.25, 0.3) is 0 Å². The van der Waals surface area contributed by atoms with Crippen molar-refractivity contribution in [3.63, 3.8) is 0 Å². The third-order valence-corrected chi connectivity index (χ3v) is 5.54. The monoisotopic (exact) mass is 457 g/mol. The SMILES string of the molecule is Cc1nn([C@@H](c2cccc(Oc3ccccc3)c2)[C@H](O)C(=O)c2ccccc2)c(C)c1[N+](=O)[O-]. The molecule has 0 amide bonds. The highest BCUT2D eigenvalue weighted by Gasteiger charge is 2.35. The average Bonchev–Trinajstić information content (AvgIpc) is 3.13. The third-order valence-electron chi connectivity index (χ3n) is 5.54. The minimum atomic E-state index is -1.55. The summed E-state index contributed by atoms with van der Waals surface area (Å²) < 4.78 is 7.27. The first-order valence-corrected chi connectivity index (χ1v) is 10.7. The maximum Gasteiger partial charge on any atom is 0.312 e. The number of rotatable bonds is 8. The first kappa shape index (κ1) is 22.9. The summed E-state index contributed by atoms with van der Waals surface area (Å²) in [5, 5.41) is 27.2. The number of nitrogens with zero attached hydrogens (tertiary/aromatic N) is 3. The van der Waals surface area contributed by atoms with Crippen LogP contribution >= 0.6 is 0 Å². The van der Waals surface area contributed by atoms with Crippen molar-refractivity contribution in [2.75, 3.05) is 0 Å². The molecule has 0 aliphatic carbocycles. The molecule has 4 aromatic rings. The summed E-state index contributed by atoms with van der Waals surface area (Å²) in [6.45, 7) is 3.08. The fourth-order valence-electron chi connectivity index (χ4n) is 3.95. The zero-order chi connectivity index (χ0) is 24.2. The lowest BCUT2D eigenvalue weighted by Gasteiger charge is -2.24. The molecular weight excluding hydrogens is 434 g/mol. The van der Waals surface area contributed by atoms with Crippen LogP contribution in [0, 0.1) is 24.0 Å². The van der Waals surface area contributed by atoms with E-state index in [4.69, 9.17) is 4.74 Å². The van der Waals surface area contributed by atoms with E-state index in [-0.39, 0.29) is 17.1 Å². The van der Waals surface area contributed by atoms with E-state index in [0.29, 0.717) is 22.6 Å². The molecule has 1 aromatic heterocycles. The molecule has 1 N–H and O–H groups in total. The van der Waals surface area contributed by atoms with Crippen molar-refractivity contribution >= 4 is 11.5 Å². The number of carbonyl (C=O) groups is 1. The smallest absolute Gasteiger partial charge is 0.312 e. The van der Waals surface area contributed by atoms with Crippen molar-refractivity contribution in [1.29, 1.82) is 0 Å². The van der Waals surface area contributed by atoms with Gasteiger partial charge in [-0.2, -0.15) is 5.10 Å². The summed E-state index contributed by atoms with van der Waals surface area (Å²) in [4.78, 5) is 24.3. The van der Waals surface area contributed by atoms with E-state index < -0.39 is 22.9 Å². The molecule has 2 atom stereocenters. The van der Waals surface area contributed by atoms with Gasteiger partial charge >= 0.3 is 5.69 Å². The molecule has 4 rings (SSSR count). The second-order valence-electron chi connectivity index (χ2n) is 7.83. The predicted octanol–water partition coefficient (Wildman–Crippen LogP) is 5.03. The van der Waals surface area contributed by atoms with E-state index in [1.807, 2.05) is 30.3 Å². The van der Waals surface area contributed by atoms with Gasteiger partial charge in [-0.25, -0.2) is 0 Å². The highest BCUT2D eigenvalue weighted by molar-refractivity contribution is 5.99. The number of aromatic nitrogens is 2. The quantitative estimate of drug-likeness (QED) is 0.226. The van der Waals surface area contributed by atoms with Crippen LogP contribution in [0.15, 0.2) is 84.9 Å². The Balaban J connectivity index is 1.80. The van der Waals surface area contributed by atoms with Crippen molar-refractivity contribution in [3.8, 4) is 11.5 Å². The van der Waals surface area contributed by atoms with E-state index in [2.05, 4.69) is 5.10 Å². The van der Waals surface area contributed by atoms with Gasteiger partial charge in [0.05, 0.1) is 4.92 Å². The summed E-state index contributed by atoms with van der Waals surface area (Å²) in [7, 11) is 0. The van der Waals surface area contributed by atoms with Gasteiger partial charge in [0.2, 0.25) is 0 Å². The Kier molecular flexibility index (Phi) is 6.51. The van der Waals surface area contributed by atoms with E-state index >= 15 is 0 Å². The summed E-state index contributed by atoms with van der Waals surface area (Å²) in [6.07, 6.45) is -1.55. The number of ketones is 1. The van der Waals surface area contributed by atoms with Crippen LogP contribution in [-0.4, -0.2) is 31.7 Å². The Morgan fingerprint density at radius 1 is 0.971 bits per heavy atom. The molecule has 0 fully saturated rings. The van der Waals surface area contributed by atoms with Crippen LogP contribution in [0.3, 0.4) is 0 Å².